The van der Waals surface area contributed by atoms with Gasteiger partial charge in [-0.1, -0.05) is 24.3 Å². The summed E-state index contributed by atoms with van der Waals surface area (Å²) in [6.45, 7) is 1.26. The molecule has 1 aliphatic heterocycles. The summed E-state index contributed by atoms with van der Waals surface area (Å²) in [4.78, 5) is 76.3. The Kier molecular flexibility index (Phi) is 8.14. The number of imide groups is 1. The Balaban J connectivity index is 1.12. The van der Waals surface area contributed by atoms with Gasteiger partial charge in [-0.25, -0.2) is 9.88 Å². The van der Waals surface area contributed by atoms with Crippen molar-refractivity contribution in [2.75, 3.05) is 38.4 Å². The molecule has 2 aliphatic carbocycles. The van der Waals surface area contributed by atoms with E-state index in [1.54, 1.807) is 31.4 Å². The van der Waals surface area contributed by atoms with Gasteiger partial charge in [-0.2, -0.15) is 5.26 Å². The van der Waals surface area contributed by atoms with Crippen LogP contribution >= 0.6 is 0 Å². The van der Waals surface area contributed by atoms with E-state index >= 15 is 0 Å². The number of allylic oxidation sites excluding steroid dienone is 4. The molecule has 256 valence electrons. The quantitative estimate of drug-likeness (QED) is 0.115. The van der Waals surface area contributed by atoms with Crippen molar-refractivity contribution >= 4 is 56.3 Å². The second kappa shape index (κ2) is 13.0. The number of aromatic amines is 1. The number of hydrogen-bond donors (Lipinski definition) is 1. The van der Waals surface area contributed by atoms with E-state index in [1.807, 2.05) is 24.3 Å². The number of nitrogens with zero attached hydrogens (tertiary/aromatic N) is 3. The molecule has 5 aromatic rings. The Morgan fingerprint density at radius 3 is 2.19 bits per heavy atom. The highest BCUT2D eigenvalue weighted by molar-refractivity contribution is 6.36. The van der Waals surface area contributed by atoms with Crippen LogP contribution in [0.2, 0.25) is 0 Å². The van der Waals surface area contributed by atoms with Crippen molar-refractivity contribution < 1.29 is 33.4 Å². The number of H-pyrrole nitrogens is 1. The largest absolute Gasteiger partial charge is 0.489 e. The number of carbonyl (C=O) groups is 4. The molecule has 3 aliphatic rings. The number of methoxy groups -OCH3 is 1. The number of Topliss-reactive ketones (excluding diaryl/α,β-unsaturated/α-hetero) is 2. The Bertz CT molecular complexity index is 2500. The van der Waals surface area contributed by atoms with Gasteiger partial charge >= 0.3 is 0 Å². The molecule has 0 bridgehead atoms. The van der Waals surface area contributed by atoms with Crippen molar-refractivity contribution in [2.24, 2.45) is 0 Å². The number of nitrogens with one attached hydrogen (secondary N) is 1. The molecule has 12 nitrogen and oxygen atoms in total. The number of nitriles is 1. The second-order valence-corrected chi connectivity index (χ2v) is 12.5. The van der Waals surface area contributed by atoms with Crippen molar-refractivity contribution in [1.29, 1.82) is 5.26 Å². The zero-order chi connectivity index (χ0) is 36.1. The van der Waals surface area contributed by atoms with Crippen molar-refractivity contribution in [3.63, 3.8) is 0 Å². The highest BCUT2D eigenvalue weighted by Crippen LogP contribution is 2.41. The van der Waals surface area contributed by atoms with E-state index in [9.17, 15) is 29.2 Å². The van der Waals surface area contributed by atoms with Gasteiger partial charge < -0.3 is 19.2 Å². The summed E-state index contributed by atoms with van der Waals surface area (Å²) >= 11 is 0. The van der Waals surface area contributed by atoms with Gasteiger partial charge in [0.1, 0.15) is 24.1 Å². The number of ketones is 2. The Hall–Kier alpha value is -6.55. The van der Waals surface area contributed by atoms with Gasteiger partial charge in [0.15, 0.2) is 11.6 Å². The van der Waals surface area contributed by atoms with Crippen LogP contribution in [0.5, 0.6) is 5.75 Å². The fraction of sp³-hybridized carbons (Fsp3) is 0.175. The molecular formula is C40H28N4O8. The number of fused-ring (bicyclic) bond motifs is 4. The third-order valence-electron chi connectivity index (χ3n) is 9.38. The molecule has 4 aromatic carbocycles. The zero-order valence-electron chi connectivity index (χ0n) is 27.7. The predicted octanol–water partition coefficient (Wildman–Crippen LogP) is 5.30. The minimum atomic E-state index is -1.38. The molecule has 0 unspecified atom stereocenters. The van der Waals surface area contributed by atoms with Gasteiger partial charge in [-0.15, -0.1) is 0 Å². The molecule has 1 aromatic heterocycles. The first-order valence-corrected chi connectivity index (χ1v) is 16.5. The third kappa shape index (κ3) is 5.40. The lowest BCUT2D eigenvalue weighted by Gasteiger charge is -2.20. The molecular weight excluding hydrogens is 664 g/mol. The minimum absolute atomic E-state index is 0.105. The molecule has 8 rings (SSSR count). The van der Waals surface area contributed by atoms with Crippen LogP contribution < -0.4 is 15.2 Å². The maximum atomic E-state index is 14.0. The molecule has 0 saturated carbocycles. The fourth-order valence-corrected chi connectivity index (χ4v) is 6.83. The lowest BCUT2D eigenvalue weighted by Crippen LogP contribution is -2.30. The lowest BCUT2D eigenvalue weighted by atomic mass is 9.98. The standard InChI is InChI=1S/C40H28N4O8/c1-50-10-11-51-12-13-52-33-19-23(22-4-2-3-5-22)7-9-32(33)44-39(48)28-17-24-15-26-27(16-25(24)18-29(28)40(44)49)36(46)34(35(26)45)37-42-31-8-6-21(20-41)14-30(31)38(47)43-37/h2,4-9,14-19,34H,3,10-13H2,1H3,(H,42,43,47). The first kappa shape index (κ1) is 32.6. The van der Waals surface area contributed by atoms with Crippen LogP contribution in [0.25, 0.3) is 27.2 Å². The maximum absolute atomic E-state index is 14.0. The number of anilines is 1. The summed E-state index contributed by atoms with van der Waals surface area (Å²) < 4.78 is 16.6. The maximum Gasteiger partial charge on any atom is 0.266 e. The van der Waals surface area contributed by atoms with E-state index in [4.69, 9.17) is 14.2 Å². The first-order chi connectivity index (χ1) is 25.3. The predicted molar refractivity (Wildman–Crippen MR) is 190 cm³/mol. The summed E-state index contributed by atoms with van der Waals surface area (Å²) in [5.74, 6) is -3.38. The molecule has 0 spiro atoms. The Morgan fingerprint density at radius 2 is 1.54 bits per heavy atom. The average Bonchev–Trinajstić information content (AvgIpc) is 3.84. The zero-order valence-corrected chi connectivity index (χ0v) is 27.7. The lowest BCUT2D eigenvalue weighted by molar-refractivity contribution is 0.0544. The number of amides is 2. The average molecular weight is 693 g/mol. The monoisotopic (exact) mass is 692 g/mol. The summed E-state index contributed by atoms with van der Waals surface area (Å²) in [6, 6.07) is 17.8. The number of carbonyl (C=O) groups excluding carboxylic acids is 4. The van der Waals surface area contributed by atoms with Crippen LogP contribution in [0.15, 0.2) is 83.7 Å². The third-order valence-corrected chi connectivity index (χ3v) is 9.38. The molecule has 0 radical (unpaired) electrons. The van der Waals surface area contributed by atoms with Crippen molar-refractivity contribution in [1.82, 2.24) is 9.97 Å². The van der Waals surface area contributed by atoms with Crippen LogP contribution in [0.1, 0.15) is 70.7 Å². The van der Waals surface area contributed by atoms with Gasteiger partial charge in [0.25, 0.3) is 17.4 Å². The highest BCUT2D eigenvalue weighted by Gasteiger charge is 2.43. The highest BCUT2D eigenvalue weighted by atomic mass is 16.5. The molecule has 0 fully saturated rings. The van der Waals surface area contributed by atoms with Crippen molar-refractivity contribution in [2.45, 2.75) is 12.3 Å². The van der Waals surface area contributed by atoms with E-state index in [0.717, 1.165) is 22.5 Å². The van der Waals surface area contributed by atoms with E-state index in [1.165, 1.54) is 30.3 Å². The van der Waals surface area contributed by atoms with E-state index < -0.39 is 34.9 Å². The minimum Gasteiger partial charge on any atom is -0.489 e. The van der Waals surface area contributed by atoms with E-state index in [2.05, 4.69) is 16.0 Å². The normalized spacial score (nSPS) is 15.2. The number of benzene rings is 4. The van der Waals surface area contributed by atoms with Crippen LogP contribution in [-0.4, -0.2) is 66.9 Å². The molecule has 12 heteroatoms. The summed E-state index contributed by atoms with van der Waals surface area (Å²) in [5.41, 5.74) is 2.59. The molecule has 0 atom stereocenters. The van der Waals surface area contributed by atoms with Gasteiger partial charge in [0.2, 0.25) is 0 Å². The Labute approximate surface area is 295 Å². The second-order valence-electron chi connectivity index (χ2n) is 12.5. The van der Waals surface area contributed by atoms with E-state index in [-0.39, 0.29) is 63.4 Å². The molecule has 2 amide bonds. The number of aromatic nitrogens is 2. The smallest absolute Gasteiger partial charge is 0.266 e. The topological polar surface area (TPSA) is 169 Å². The van der Waals surface area contributed by atoms with Crippen molar-refractivity contribution in [3.05, 3.63) is 128 Å². The van der Waals surface area contributed by atoms with Crippen LogP contribution in [0.3, 0.4) is 0 Å². The molecule has 1 N–H and O–H groups in total. The first-order valence-electron chi connectivity index (χ1n) is 16.5. The van der Waals surface area contributed by atoms with Gasteiger partial charge in [-0.3, -0.25) is 24.0 Å². The van der Waals surface area contributed by atoms with Crippen LogP contribution in [0, 0.1) is 11.3 Å². The number of ether oxygens (including phenoxy) is 3. The van der Waals surface area contributed by atoms with Crippen LogP contribution in [0.4, 0.5) is 5.69 Å². The summed E-state index contributed by atoms with van der Waals surface area (Å²) in [6.07, 6.45) is 6.91. The van der Waals surface area contributed by atoms with Gasteiger partial charge in [0, 0.05) is 18.2 Å². The SMILES string of the molecule is COCCOCCOc1cc(C2=CCC=C2)ccc1N1C(=O)c2cc3cc4c(cc3cc2C1=O)C(=O)C(c1nc2ccc(C#N)cc2c(=O)[nH]1)C4=O. The van der Waals surface area contributed by atoms with Crippen molar-refractivity contribution in [3.8, 4) is 11.8 Å². The fourth-order valence-electron chi connectivity index (χ4n) is 6.83. The summed E-state index contributed by atoms with van der Waals surface area (Å²) in [7, 11) is 1.58. The van der Waals surface area contributed by atoms with Gasteiger partial charge in [0.05, 0.1) is 59.2 Å². The molecule has 52 heavy (non-hydrogen) atoms. The van der Waals surface area contributed by atoms with E-state index in [0.29, 0.717) is 29.7 Å². The van der Waals surface area contributed by atoms with Crippen LogP contribution in [-0.2, 0) is 9.47 Å². The van der Waals surface area contributed by atoms with Gasteiger partial charge in [-0.05, 0) is 82.9 Å². The summed E-state index contributed by atoms with van der Waals surface area (Å²) in [5, 5.41) is 10.3. The Morgan fingerprint density at radius 1 is 0.846 bits per heavy atom. The molecule has 0 saturated heterocycles. The number of rotatable bonds is 10. The molecule has 2 heterocycles. The number of hydrogen-bond acceptors (Lipinski definition) is 10.